The van der Waals surface area contributed by atoms with Gasteiger partial charge in [0, 0.05) is 24.0 Å². The van der Waals surface area contributed by atoms with Crippen LogP contribution in [0.4, 0.5) is 0 Å². The summed E-state index contributed by atoms with van der Waals surface area (Å²) in [6.07, 6.45) is 1.93. The summed E-state index contributed by atoms with van der Waals surface area (Å²) >= 11 is 1.62. The molecule has 1 amide bonds. The Hall–Kier alpha value is -0.870. The smallest absolute Gasteiger partial charge is 0.263 e. The Balaban J connectivity index is 2.14. The molecule has 1 aromatic heterocycles. The number of amides is 1. The molecule has 0 aliphatic carbocycles. The molecule has 1 aliphatic heterocycles. The van der Waals surface area contributed by atoms with Gasteiger partial charge in [0.25, 0.3) is 5.91 Å². The number of nitrogens with two attached hydrogens (primary N) is 1. The zero-order valence-electron chi connectivity index (χ0n) is 9.82. The number of hydrogen-bond acceptors (Lipinski definition) is 3. The Morgan fingerprint density at radius 1 is 1.69 bits per heavy atom. The van der Waals surface area contributed by atoms with Crippen molar-refractivity contribution < 1.29 is 4.79 Å². The lowest BCUT2D eigenvalue weighted by atomic mass is 10.2. The van der Waals surface area contributed by atoms with Crippen LogP contribution >= 0.6 is 11.3 Å². The first kappa shape index (κ1) is 11.6. The number of rotatable bonds is 2. The Labute approximate surface area is 100 Å². The molecule has 0 saturated carbocycles. The summed E-state index contributed by atoms with van der Waals surface area (Å²) in [6.45, 7) is 5.70. The Morgan fingerprint density at radius 2 is 2.44 bits per heavy atom. The van der Waals surface area contributed by atoms with E-state index in [4.69, 9.17) is 5.73 Å². The Bertz CT molecular complexity index is 400. The topological polar surface area (TPSA) is 46.3 Å². The predicted octanol–water partition coefficient (Wildman–Crippen LogP) is 1.79. The SMILES string of the molecule is CCc1sc(C(=O)N2CC[C@@H](N)C2)cc1C. The lowest BCUT2D eigenvalue weighted by Gasteiger charge is -2.14. The first-order valence-electron chi connectivity index (χ1n) is 5.76. The van der Waals surface area contributed by atoms with E-state index in [1.807, 2.05) is 11.0 Å². The highest BCUT2D eigenvalue weighted by molar-refractivity contribution is 7.14. The molecule has 0 spiro atoms. The minimum Gasteiger partial charge on any atom is -0.336 e. The third kappa shape index (κ3) is 2.13. The van der Waals surface area contributed by atoms with E-state index in [0.717, 1.165) is 24.3 Å². The van der Waals surface area contributed by atoms with Crippen LogP contribution in [0.15, 0.2) is 6.07 Å². The van der Waals surface area contributed by atoms with Crippen LogP contribution in [0.3, 0.4) is 0 Å². The van der Waals surface area contributed by atoms with E-state index < -0.39 is 0 Å². The van der Waals surface area contributed by atoms with Crippen LogP contribution < -0.4 is 5.73 Å². The van der Waals surface area contributed by atoms with Gasteiger partial charge in [-0.3, -0.25) is 4.79 Å². The molecule has 88 valence electrons. The molecule has 16 heavy (non-hydrogen) atoms. The fourth-order valence-electron chi connectivity index (χ4n) is 2.10. The first-order valence-corrected chi connectivity index (χ1v) is 6.57. The Kier molecular flexibility index (Phi) is 3.30. The lowest BCUT2D eigenvalue weighted by Crippen LogP contribution is -2.31. The van der Waals surface area contributed by atoms with Crippen molar-refractivity contribution in [3.05, 3.63) is 21.4 Å². The monoisotopic (exact) mass is 238 g/mol. The number of nitrogens with zero attached hydrogens (tertiary/aromatic N) is 1. The molecule has 0 aromatic carbocycles. The van der Waals surface area contributed by atoms with E-state index in [2.05, 4.69) is 13.8 Å². The van der Waals surface area contributed by atoms with Gasteiger partial charge in [-0.05, 0) is 31.4 Å². The van der Waals surface area contributed by atoms with Gasteiger partial charge in [0.15, 0.2) is 0 Å². The van der Waals surface area contributed by atoms with Gasteiger partial charge < -0.3 is 10.6 Å². The quantitative estimate of drug-likeness (QED) is 0.854. The number of hydrogen-bond donors (Lipinski definition) is 1. The molecule has 2 heterocycles. The van der Waals surface area contributed by atoms with E-state index >= 15 is 0 Å². The van der Waals surface area contributed by atoms with E-state index in [9.17, 15) is 4.79 Å². The van der Waals surface area contributed by atoms with Crippen LogP contribution in [0.2, 0.25) is 0 Å². The normalized spacial score (nSPS) is 20.4. The molecule has 2 N–H and O–H groups in total. The van der Waals surface area contributed by atoms with Gasteiger partial charge in [0.05, 0.1) is 4.88 Å². The van der Waals surface area contributed by atoms with Gasteiger partial charge in [-0.15, -0.1) is 11.3 Å². The van der Waals surface area contributed by atoms with Crippen LogP contribution in [0.5, 0.6) is 0 Å². The van der Waals surface area contributed by atoms with E-state index in [1.54, 1.807) is 11.3 Å². The molecule has 2 rings (SSSR count). The summed E-state index contributed by atoms with van der Waals surface area (Å²) in [4.78, 5) is 16.2. The molecule has 1 saturated heterocycles. The van der Waals surface area contributed by atoms with Crippen molar-refractivity contribution >= 4 is 17.2 Å². The Morgan fingerprint density at radius 3 is 2.94 bits per heavy atom. The van der Waals surface area contributed by atoms with E-state index in [1.165, 1.54) is 10.4 Å². The lowest BCUT2D eigenvalue weighted by molar-refractivity contribution is 0.0795. The second kappa shape index (κ2) is 4.55. The van der Waals surface area contributed by atoms with Gasteiger partial charge in [0.1, 0.15) is 0 Å². The van der Waals surface area contributed by atoms with Crippen molar-refractivity contribution in [2.75, 3.05) is 13.1 Å². The largest absolute Gasteiger partial charge is 0.336 e. The maximum Gasteiger partial charge on any atom is 0.263 e. The molecule has 0 unspecified atom stereocenters. The van der Waals surface area contributed by atoms with Crippen LogP contribution in [0.25, 0.3) is 0 Å². The van der Waals surface area contributed by atoms with Gasteiger partial charge in [0.2, 0.25) is 0 Å². The predicted molar refractivity (Wildman–Crippen MR) is 66.9 cm³/mol. The molecular formula is C12H18N2OS. The number of aryl methyl sites for hydroxylation is 2. The fraction of sp³-hybridized carbons (Fsp3) is 0.583. The third-order valence-corrected chi connectivity index (χ3v) is 4.43. The molecule has 3 nitrogen and oxygen atoms in total. The highest BCUT2D eigenvalue weighted by Gasteiger charge is 2.25. The van der Waals surface area contributed by atoms with Crippen molar-refractivity contribution in [2.24, 2.45) is 5.73 Å². The number of likely N-dealkylation sites (tertiary alicyclic amines) is 1. The maximum absolute atomic E-state index is 12.2. The first-order chi connectivity index (χ1) is 7.61. The fourth-order valence-corrected chi connectivity index (χ4v) is 3.19. The molecule has 1 aromatic rings. The summed E-state index contributed by atoms with van der Waals surface area (Å²) in [7, 11) is 0. The minimum absolute atomic E-state index is 0.153. The van der Waals surface area contributed by atoms with E-state index in [0.29, 0.717) is 6.54 Å². The molecule has 1 atom stereocenters. The van der Waals surface area contributed by atoms with Crippen LogP contribution in [-0.4, -0.2) is 29.9 Å². The maximum atomic E-state index is 12.2. The zero-order chi connectivity index (χ0) is 11.7. The van der Waals surface area contributed by atoms with Crippen molar-refractivity contribution in [1.29, 1.82) is 0 Å². The number of carbonyl (C=O) groups excluding carboxylic acids is 1. The van der Waals surface area contributed by atoms with Gasteiger partial charge in [-0.1, -0.05) is 6.92 Å². The van der Waals surface area contributed by atoms with Crippen molar-refractivity contribution in [2.45, 2.75) is 32.7 Å². The summed E-state index contributed by atoms with van der Waals surface area (Å²) < 4.78 is 0. The number of carbonyl (C=O) groups is 1. The van der Waals surface area contributed by atoms with Crippen LogP contribution in [0, 0.1) is 6.92 Å². The molecule has 1 fully saturated rings. The second-order valence-electron chi connectivity index (χ2n) is 4.37. The highest BCUT2D eigenvalue weighted by Crippen LogP contribution is 2.24. The summed E-state index contributed by atoms with van der Waals surface area (Å²) in [5.74, 6) is 0.153. The van der Waals surface area contributed by atoms with Crippen molar-refractivity contribution in [1.82, 2.24) is 4.90 Å². The summed E-state index contributed by atoms with van der Waals surface area (Å²) in [5, 5.41) is 0. The molecule has 4 heteroatoms. The van der Waals surface area contributed by atoms with Gasteiger partial charge in [-0.2, -0.15) is 0 Å². The standard InChI is InChI=1S/C12H18N2OS/c1-3-10-8(2)6-11(16-10)12(15)14-5-4-9(13)7-14/h6,9H,3-5,7,13H2,1-2H3/t9-/m1/s1. The van der Waals surface area contributed by atoms with Gasteiger partial charge in [-0.25, -0.2) is 0 Å². The second-order valence-corrected chi connectivity index (χ2v) is 5.51. The molecule has 0 radical (unpaired) electrons. The third-order valence-electron chi connectivity index (χ3n) is 3.06. The zero-order valence-corrected chi connectivity index (χ0v) is 10.6. The van der Waals surface area contributed by atoms with Crippen molar-refractivity contribution in [3.63, 3.8) is 0 Å². The van der Waals surface area contributed by atoms with Crippen LogP contribution in [-0.2, 0) is 6.42 Å². The average Bonchev–Trinajstić information content (AvgIpc) is 2.83. The highest BCUT2D eigenvalue weighted by atomic mass is 32.1. The summed E-state index contributed by atoms with van der Waals surface area (Å²) in [5.41, 5.74) is 7.05. The number of thiophene rings is 1. The van der Waals surface area contributed by atoms with E-state index in [-0.39, 0.29) is 11.9 Å². The van der Waals surface area contributed by atoms with Crippen LogP contribution in [0.1, 0.15) is 33.5 Å². The van der Waals surface area contributed by atoms with Gasteiger partial charge >= 0.3 is 0 Å². The average molecular weight is 238 g/mol. The molecule has 1 aliphatic rings. The summed E-state index contributed by atoms with van der Waals surface area (Å²) in [6, 6.07) is 2.17. The minimum atomic E-state index is 0.153. The molecule has 0 bridgehead atoms. The van der Waals surface area contributed by atoms with Crippen molar-refractivity contribution in [3.8, 4) is 0 Å². The molecular weight excluding hydrogens is 220 g/mol.